The minimum atomic E-state index is -0.256. The summed E-state index contributed by atoms with van der Waals surface area (Å²) < 4.78 is 12.6. The van der Waals surface area contributed by atoms with Crippen molar-refractivity contribution in [2.75, 3.05) is 13.2 Å². The molecule has 0 fully saturated rings. The molecule has 2 nitrogen and oxygen atoms in total. The second-order valence-electron chi connectivity index (χ2n) is 3.01. The van der Waals surface area contributed by atoms with E-state index in [1.807, 2.05) is 0 Å². The number of hydrogen-bond acceptors (Lipinski definition) is 2. The van der Waals surface area contributed by atoms with Crippen LogP contribution >= 0.6 is 0 Å². The molecule has 0 heterocycles. The first-order chi connectivity index (χ1) is 6.27. The number of aliphatic hydroxyl groups is 1. The van der Waals surface area contributed by atoms with Crippen molar-refractivity contribution >= 4 is 0 Å². The van der Waals surface area contributed by atoms with Gasteiger partial charge in [0.1, 0.15) is 5.82 Å². The van der Waals surface area contributed by atoms with Crippen molar-refractivity contribution in [3.05, 3.63) is 35.6 Å². The number of rotatable bonds is 4. The van der Waals surface area contributed by atoms with Crippen LogP contribution in [0.2, 0.25) is 0 Å². The molecule has 1 rings (SSSR count). The number of hydrogen-bond donors (Lipinski definition) is 2. The largest absolute Gasteiger partial charge is 0.396 e. The first kappa shape index (κ1) is 10.2. The molecule has 0 spiro atoms. The van der Waals surface area contributed by atoms with Crippen molar-refractivity contribution in [2.24, 2.45) is 5.73 Å². The van der Waals surface area contributed by atoms with Crippen molar-refractivity contribution in [1.82, 2.24) is 0 Å². The molecule has 0 radical (unpaired) electrons. The first-order valence-corrected chi connectivity index (χ1v) is 4.34. The third-order valence-electron chi connectivity index (χ3n) is 2.08. The third-order valence-corrected chi connectivity index (χ3v) is 2.08. The normalized spacial score (nSPS) is 12.8. The number of aliphatic hydroxyl groups excluding tert-OH is 1. The maximum atomic E-state index is 12.6. The van der Waals surface area contributed by atoms with Crippen LogP contribution in [0.25, 0.3) is 0 Å². The van der Waals surface area contributed by atoms with E-state index in [2.05, 4.69) is 0 Å². The Morgan fingerprint density at radius 1 is 1.31 bits per heavy atom. The number of halogens is 1. The summed E-state index contributed by atoms with van der Waals surface area (Å²) in [6.45, 7) is 0.589. The van der Waals surface area contributed by atoms with Crippen molar-refractivity contribution < 1.29 is 9.50 Å². The molecule has 0 aliphatic heterocycles. The quantitative estimate of drug-likeness (QED) is 0.738. The zero-order valence-electron chi connectivity index (χ0n) is 7.41. The SMILES string of the molecule is NCCC(CO)c1ccc(F)cc1. The highest BCUT2D eigenvalue weighted by molar-refractivity contribution is 5.20. The van der Waals surface area contributed by atoms with Crippen LogP contribution < -0.4 is 5.73 Å². The Morgan fingerprint density at radius 3 is 2.38 bits per heavy atom. The fraction of sp³-hybridized carbons (Fsp3) is 0.400. The van der Waals surface area contributed by atoms with E-state index in [4.69, 9.17) is 10.8 Å². The van der Waals surface area contributed by atoms with Crippen LogP contribution in [0.4, 0.5) is 4.39 Å². The van der Waals surface area contributed by atoms with Gasteiger partial charge in [0, 0.05) is 12.5 Å². The van der Waals surface area contributed by atoms with Crippen LogP contribution in [0.3, 0.4) is 0 Å². The third kappa shape index (κ3) is 2.79. The van der Waals surface area contributed by atoms with Crippen LogP contribution in [-0.4, -0.2) is 18.3 Å². The van der Waals surface area contributed by atoms with Gasteiger partial charge in [-0.15, -0.1) is 0 Å². The van der Waals surface area contributed by atoms with Crippen molar-refractivity contribution in [3.63, 3.8) is 0 Å². The van der Waals surface area contributed by atoms with Gasteiger partial charge >= 0.3 is 0 Å². The molecular formula is C10H14FNO. The van der Waals surface area contributed by atoms with Crippen molar-refractivity contribution in [3.8, 4) is 0 Å². The van der Waals surface area contributed by atoms with E-state index in [-0.39, 0.29) is 18.3 Å². The lowest BCUT2D eigenvalue weighted by atomic mass is 9.97. The van der Waals surface area contributed by atoms with E-state index >= 15 is 0 Å². The Kier molecular flexibility index (Phi) is 3.86. The van der Waals surface area contributed by atoms with Crippen LogP contribution in [0.15, 0.2) is 24.3 Å². The van der Waals surface area contributed by atoms with Gasteiger partial charge in [0.15, 0.2) is 0 Å². The predicted octanol–water partition coefficient (Wildman–Crippen LogP) is 1.25. The summed E-state index contributed by atoms with van der Waals surface area (Å²) in [5, 5.41) is 9.03. The highest BCUT2D eigenvalue weighted by atomic mass is 19.1. The lowest BCUT2D eigenvalue weighted by Crippen LogP contribution is -2.10. The molecular weight excluding hydrogens is 169 g/mol. The maximum Gasteiger partial charge on any atom is 0.123 e. The summed E-state index contributed by atoms with van der Waals surface area (Å²) in [6, 6.07) is 6.17. The molecule has 0 amide bonds. The lowest BCUT2D eigenvalue weighted by molar-refractivity contribution is 0.260. The zero-order chi connectivity index (χ0) is 9.68. The van der Waals surface area contributed by atoms with Gasteiger partial charge < -0.3 is 10.8 Å². The monoisotopic (exact) mass is 183 g/mol. The minimum absolute atomic E-state index is 0.0330. The smallest absolute Gasteiger partial charge is 0.123 e. The predicted molar refractivity (Wildman–Crippen MR) is 49.9 cm³/mol. The summed E-state index contributed by atoms with van der Waals surface area (Å²) in [4.78, 5) is 0. The minimum Gasteiger partial charge on any atom is -0.396 e. The molecule has 0 aromatic heterocycles. The summed E-state index contributed by atoms with van der Waals surface area (Å²) >= 11 is 0. The van der Waals surface area contributed by atoms with Crippen LogP contribution in [0, 0.1) is 5.82 Å². The van der Waals surface area contributed by atoms with Gasteiger partial charge in [-0.3, -0.25) is 0 Å². The molecule has 3 N–H and O–H groups in total. The molecule has 0 aliphatic rings. The Balaban J connectivity index is 2.73. The Hall–Kier alpha value is -0.930. The number of nitrogens with two attached hydrogens (primary N) is 1. The van der Waals surface area contributed by atoms with Gasteiger partial charge in [0.05, 0.1) is 0 Å². The van der Waals surface area contributed by atoms with Crippen molar-refractivity contribution in [1.29, 1.82) is 0 Å². The van der Waals surface area contributed by atoms with Crippen LogP contribution in [-0.2, 0) is 0 Å². The van der Waals surface area contributed by atoms with Gasteiger partial charge in [0.2, 0.25) is 0 Å². The van der Waals surface area contributed by atoms with Gasteiger partial charge in [-0.2, -0.15) is 0 Å². The average molecular weight is 183 g/mol. The lowest BCUT2D eigenvalue weighted by Gasteiger charge is -2.12. The van der Waals surface area contributed by atoms with E-state index in [1.54, 1.807) is 12.1 Å². The highest BCUT2D eigenvalue weighted by Crippen LogP contribution is 2.18. The van der Waals surface area contributed by atoms with Gasteiger partial charge in [-0.1, -0.05) is 12.1 Å². The molecule has 1 aromatic carbocycles. The zero-order valence-corrected chi connectivity index (χ0v) is 7.41. The Bertz CT molecular complexity index is 248. The molecule has 1 unspecified atom stereocenters. The van der Waals surface area contributed by atoms with E-state index in [1.165, 1.54) is 12.1 Å². The molecule has 1 atom stereocenters. The van der Waals surface area contributed by atoms with Crippen LogP contribution in [0.5, 0.6) is 0 Å². The second kappa shape index (κ2) is 4.94. The molecule has 1 aromatic rings. The summed E-state index contributed by atoms with van der Waals surface area (Å²) in [7, 11) is 0. The Labute approximate surface area is 77.2 Å². The van der Waals surface area contributed by atoms with Gasteiger partial charge in [-0.05, 0) is 30.7 Å². The fourth-order valence-electron chi connectivity index (χ4n) is 1.30. The van der Waals surface area contributed by atoms with Crippen molar-refractivity contribution in [2.45, 2.75) is 12.3 Å². The molecule has 72 valence electrons. The molecule has 0 bridgehead atoms. The van der Waals surface area contributed by atoms with E-state index in [9.17, 15) is 4.39 Å². The summed E-state index contributed by atoms with van der Waals surface area (Å²) in [5.74, 6) is -0.223. The van der Waals surface area contributed by atoms with Gasteiger partial charge in [0.25, 0.3) is 0 Å². The standard InChI is InChI=1S/C10H14FNO/c11-10-3-1-8(2-4-10)9(7-13)5-6-12/h1-4,9,13H,5-7,12H2. The highest BCUT2D eigenvalue weighted by Gasteiger charge is 2.08. The molecule has 0 saturated heterocycles. The van der Waals surface area contributed by atoms with Crippen LogP contribution in [0.1, 0.15) is 17.9 Å². The summed E-state index contributed by atoms with van der Waals surface area (Å²) in [5.41, 5.74) is 6.33. The molecule has 0 saturated carbocycles. The van der Waals surface area contributed by atoms with Gasteiger partial charge in [-0.25, -0.2) is 4.39 Å². The topological polar surface area (TPSA) is 46.2 Å². The van der Waals surface area contributed by atoms with E-state index in [0.717, 1.165) is 12.0 Å². The molecule has 0 aliphatic carbocycles. The van der Waals surface area contributed by atoms with E-state index in [0.29, 0.717) is 6.54 Å². The van der Waals surface area contributed by atoms with E-state index < -0.39 is 0 Å². The second-order valence-corrected chi connectivity index (χ2v) is 3.01. The molecule has 13 heavy (non-hydrogen) atoms. The fourth-order valence-corrected chi connectivity index (χ4v) is 1.30. The average Bonchev–Trinajstić information content (AvgIpc) is 2.16. The maximum absolute atomic E-state index is 12.6. The molecule has 3 heteroatoms. The summed E-state index contributed by atoms with van der Waals surface area (Å²) in [6.07, 6.45) is 0.724. The Morgan fingerprint density at radius 2 is 1.92 bits per heavy atom. The number of benzene rings is 1. The first-order valence-electron chi connectivity index (χ1n) is 4.34.